The van der Waals surface area contributed by atoms with Crippen LogP contribution >= 0.6 is 11.3 Å². The quantitative estimate of drug-likeness (QED) is 0.0615. The number of aromatic carboxylic acids is 1. The van der Waals surface area contributed by atoms with Crippen LogP contribution < -0.4 is 16.0 Å². The third-order valence-corrected chi connectivity index (χ3v) is 14.7. The van der Waals surface area contributed by atoms with E-state index in [1.165, 1.54) is 12.6 Å². The number of carboxylic acid groups (broad SMARTS) is 1. The van der Waals surface area contributed by atoms with E-state index in [4.69, 9.17) is 25.4 Å². The molecule has 332 valence electrons. The molecule has 4 fully saturated rings. The molecule has 4 heterocycles. The first-order chi connectivity index (χ1) is 29.7. The number of nitrogens with two attached hydrogens (primary N) is 1. The largest absolute Gasteiger partial charge is 0.476 e. The number of rotatable bonds is 18. The highest BCUT2D eigenvalue weighted by atomic mass is 32.1. The van der Waals surface area contributed by atoms with Crippen molar-refractivity contribution in [1.82, 2.24) is 25.1 Å². The predicted octanol–water partition coefficient (Wildman–Crippen LogP) is 7.59. The van der Waals surface area contributed by atoms with Crippen LogP contribution in [0.25, 0.3) is 15.8 Å². The van der Waals surface area contributed by atoms with Gasteiger partial charge in [-0.15, -0.1) is 10.2 Å². The summed E-state index contributed by atoms with van der Waals surface area (Å²) in [6, 6.07) is 9.87. The molecule has 4 saturated carbocycles. The zero-order chi connectivity index (χ0) is 43.9. The number of pyridine rings is 1. The van der Waals surface area contributed by atoms with Crippen molar-refractivity contribution in [1.29, 1.82) is 0 Å². The number of anilines is 4. The van der Waals surface area contributed by atoms with E-state index in [0.29, 0.717) is 66.8 Å². The molecule has 0 amide bonds. The second-order valence-corrected chi connectivity index (χ2v) is 20.4. The summed E-state index contributed by atoms with van der Waals surface area (Å²) >= 11 is 1.57. The van der Waals surface area contributed by atoms with Crippen molar-refractivity contribution in [3.05, 3.63) is 64.5 Å². The molecule has 5 aliphatic rings. The van der Waals surface area contributed by atoms with Crippen LogP contribution in [0.1, 0.15) is 111 Å². The molecule has 4 bridgehead atoms. The molecule has 3 aromatic heterocycles. The van der Waals surface area contributed by atoms with Gasteiger partial charge in [-0.25, -0.2) is 14.8 Å². The summed E-state index contributed by atoms with van der Waals surface area (Å²) in [5.41, 5.74) is 12.0. The fourth-order valence-corrected chi connectivity index (χ4v) is 13.2. The number of benzene rings is 1. The van der Waals surface area contributed by atoms with Crippen molar-refractivity contribution in [2.75, 3.05) is 62.8 Å². The number of nitrogens with one attached hydrogen (secondary N) is 1. The fourth-order valence-electron chi connectivity index (χ4n) is 12.3. The number of carbonyl (C=O) groups is 1. The normalized spacial score (nSPS) is 25.8. The molecule has 2 atom stereocenters. The molecule has 4 aromatic rings. The van der Waals surface area contributed by atoms with Crippen molar-refractivity contribution in [2.24, 2.45) is 27.0 Å². The molecule has 6 N–H and O–H groups in total. The lowest BCUT2D eigenvalue weighted by Gasteiger charge is -2.69. The third-order valence-electron chi connectivity index (χ3n) is 13.7. The number of ether oxygens (including phenoxy) is 1. The lowest BCUT2D eigenvalue weighted by atomic mass is 9.39. The van der Waals surface area contributed by atoms with Gasteiger partial charge in [-0.1, -0.05) is 31.3 Å². The Hall–Kier alpha value is -4.54. The number of allylic oxidation sites excluding steroid dienone is 1. The van der Waals surface area contributed by atoms with E-state index in [0.717, 1.165) is 96.6 Å². The number of carboxylic acids is 1. The zero-order valence-electron chi connectivity index (χ0n) is 37.0. The molecular weight excluding hydrogens is 803 g/mol. The third kappa shape index (κ3) is 8.96. The maximum Gasteiger partial charge on any atom is 0.355 e. The summed E-state index contributed by atoms with van der Waals surface area (Å²) in [7, 11) is 0. The number of aryl methyl sites for hydroxylation is 1. The highest BCUT2D eigenvalue weighted by Crippen LogP contribution is 2.71. The summed E-state index contributed by atoms with van der Waals surface area (Å²) in [5, 5.41) is 42.9. The van der Waals surface area contributed by atoms with Crippen LogP contribution in [0.5, 0.6) is 0 Å². The van der Waals surface area contributed by atoms with Crippen LogP contribution in [-0.4, -0.2) is 110 Å². The first-order valence-electron chi connectivity index (χ1n) is 22.2. The first kappa shape index (κ1) is 44.1. The molecule has 15 heteroatoms. The van der Waals surface area contributed by atoms with Crippen molar-refractivity contribution in [3.63, 3.8) is 0 Å². The Labute approximate surface area is 368 Å². The summed E-state index contributed by atoms with van der Waals surface area (Å²) in [4.78, 5) is 32.0. The SMILES string of the molecule is CC(=NCC12CC3(C)CC(C)(C1)CC(OCCN(CCCO)CCCO)(C3)C2)C(=CN)c1ccc(N2CCCc3c2nnc(Nc2nc4cc(C)ccc4s2)c3C)nc1C(=O)O. The standard InChI is InChI=1S/C47H63N9O5S/c1-30-10-12-37-36(21-30)50-43(62-37)52-40-31(2)33-9-6-16-56(41(33)54-53-40)38-13-11-34(39(51-38)42(59)60)35(22-48)32(3)49-29-46-24-44(4)23-45(5,25-46)27-47(26-44,28-46)61-20-17-55(14-7-18-57)15-8-19-58/h10-13,21-22,57-58H,6-9,14-20,23-29,48H2,1-5H3,(H,59,60)(H,50,52,53). The van der Waals surface area contributed by atoms with Gasteiger partial charge < -0.3 is 40.9 Å². The van der Waals surface area contributed by atoms with Gasteiger partial charge in [-0.2, -0.15) is 0 Å². The molecule has 1 aromatic carbocycles. The monoisotopic (exact) mass is 865 g/mol. The van der Waals surface area contributed by atoms with Gasteiger partial charge in [0.1, 0.15) is 5.82 Å². The van der Waals surface area contributed by atoms with Gasteiger partial charge in [0.05, 0.1) is 22.4 Å². The number of hydrogen-bond acceptors (Lipinski definition) is 14. The van der Waals surface area contributed by atoms with Crippen LogP contribution in [0.3, 0.4) is 0 Å². The van der Waals surface area contributed by atoms with Crippen LogP contribution in [0, 0.1) is 30.1 Å². The van der Waals surface area contributed by atoms with E-state index >= 15 is 0 Å². The number of hydrogen-bond donors (Lipinski definition) is 5. The minimum Gasteiger partial charge on any atom is -0.476 e. The summed E-state index contributed by atoms with van der Waals surface area (Å²) < 4.78 is 8.07. The fraction of sp³-hybridized carbons (Fsp3) is 0.574. The van der Waals surface area contributed by atoms with E-state index in [9.17, 15) is 20.1 Å². The molecule has 0 saturated heterocycles. The topological polar surface area (TPSA) is 195 Å². The minimum atomic E-state index is -1.15. The molecule has 0 radical (unpaired) electrons. The Morgan fingerprint density at radius 1 is 1.00 bits per heavy atom. The summed E-state index contributed by atoms with van der Waals surface area (Å²) in [6.45, 7) is 15.3. The van der Waals surface area contributed by atoms with Crippen LogP contribution in [0.15, 0.2) is 41.5 Å². The Morgan fingerprint density at radius 3 is 2.44 bits per heavy atom. The Kier molecular flexibility index (Phi) is 12.5. The number of thiazole rings is 1. The van der Waals surface area contributed by atoms with E-state index in [-0.39, 0.29) is 40.8 Å². The Bertz CT molecular complexity index is 2350. The molecule has 1 aliphatic heterocycles. The number of nitrogens with zero attached hydrogens (tertiary/aromatic N) is 7. The second kappa shape index (κ2) is 17.6. The van der Waals surface area contributed by atoms with Crippen molar-refractivity contribution < 1.29 is 24.9 Å². The van der Waals surface area contributed by atoms with Gasteiger partial charge in [-0.05, 0) is 131 Å². The van der Waals surface area contributed by atoms with Crippen LogP contribution in [0.2, 0.25) is 0 Å². The maximum atomic E-state index is 13.0. The number of fused-ring (bicyclic) bond motifs is 2. The van der Waals surface area contributed by atoms with Crippen molar-refractivity contribution >= 4 is 61.4 Å². The second-order valence-electron chi connectivity index (χ2n) is 19.4. The molecule has 62 heavy (non-hydrogen) atoms. The number of aliphatic hydroxyl groups is 2. The Morgan fingerprint density at radius 2 is 1.74 bits per heavy atom. The van der Waals surface area contributed by atoms with E-state index < -0.39 is 5.97 Å². The maximum absolute atomic E-state index is 13.0. The van der Waals surface area contributed by atoms with E-state index in [1.54, 1.807) is 17.4 Å². The van der Waals surface area contributed by atoms with Gasteiger partial charge in [0.25, 0.3) is 0 Å². The average Bonchev–Trinajstić information content (AvgIpc) is 3.62. The van der Waals surface area contributed by atoms with Gasteiger partial charge >= 0.3 is 5.97 Å². The molecule has 0 spiro atoms. The van der Waals surface area contributed by atoms with Gasteiger partial charge in [0, 0.05) is 80.1 Å². The van der Waals surface area contributed by atoms with Crippen LogP contribution in [-0.2, 0) is 11.2 Å². The lowest BCUT2D eigenvalue weighted by Crippen LogP contribution is -2.64. The minimum absolute atomic E-state index is 0.0475. The van der Waals surface area contributed by atoms with Crippen LogP contribution in [0.4, 0.5) is 22.6 Å². The highest BCUT2D eigenvalue weighted by Gasteiger charge is 2.66. The molecular formula is C47H63N9O5S. The zero-order valence-corrected chi connectivity index (χ0v) is 37.8. The lowest BCUT2D eigenvalue weighted by molar-refractivity contribution is -0.242. The van der Waals surface area contributed by atoms with Crippen molar-refractivity contribution in [3.8, 4) is 0 Å². The smallest absolute Gasteiger partial charge is 0.355 e. The number of aliphatic imine (C=N–C) groups is 1. The molecule has 9 rings (SSSR count). The summed E-state index contributed by atoms with van der Waals surface area (Å²) in [5.74, 6) is 0.657. The number of aliphatic hydroxyl groups excluding tert-OH is 2. The van der Waals surface area contributed by atoms with E-state index in [2.05, 4.69) is 59.4 Å². The highest BCUT2D eigenvalue weighted by molar-refractivity contribution is 7.22. The Balaban J connectivity index is 1.00. The summed E-state index contributed by atoms with van der Waals surface area (Å²) in [6.07, 6.45) is 10.9. The van der Waals surface area contributed by atoms with Crippen molar-refractivity contribution in [2.45, 2.75) is 104 Å². The van der Waals surface area contributed by atoms with E-state index in [1.807, 2.05) is 24.8 Å². The molecule has 4 aliphatic carbocycles. The predicted molar refractivity (Wildman–Crippen MR) is 246 cm³/mol. The number of aromatic nitrogens is 4. The first-order valence-corrected chi connectivity index (χ1v) is 23.0. The van der Waals surface area contributed by atoms with Gasteiger partial charge in [-0.3, -0.25) is 4.99 Å². The molecule has 2 unspecified atom stereocenters. The average molecular weight is 866 g/mol. The van der Waals surface area contributed by atoms with Gasteiger partial charge in [0.15, 0.2) is 22.5 Å². The van der Waals surface area contributed by atoms with Gasteiger partial charge in [0.2, 0.25) is 0 Å². The molecule has 14 nitrogen and oxygen atoms in total.